The molecule has 0 saturated carbocycles. The Morgan fingerprint density at radius 2 is 1.43 bits per heavy atom. The molecular weight excluding hydrogens is 379 g/mol. The van der Waals surface area contributed by atoms with Gasteiger partial charge in [0.05, 0.1) is 22.5 Å². The average Bonchev–Trinajstić information content (AvgIpc) is 2.73. The van der Waals surface area contributed by atoms with Crippen LogP contribution in [0.1, 0.15) is 21.5 Å². The summed E-state index contributed by atoms with van der Waals surface area (Å²) in [6, 6.07) is 18.1. The molecule has 0 aromatic heterocycles. The van der Waals surface area contributed by atoms with E-state index in [0.29, 0.717) is 0 Å². The Morgan fingerprint density at radius 3 is 2.00 bits per heavy atom. The van der Waals surface area contributed by atoms with Gasteiger partial charge in [-0.3, -0.25) is 0 Å². The first-order valence-corrected chi connectivity index (χ1v) is 9.86. The number of hydrogen-bond acceptors (Lipinski definition) is 4. The monoisotopic (exact) mass is 396 g/mol. The zero-order valence-corrected chi connectivity index (χ0v) is 15.8. The summed E-state index contributed by atoms with van der Waals surface area (Å²) in [4.78, 5) is 11.8. The van der Waals surface area contributed by atoms with Crippen molar-refractivity contribution in [3.63, 3.8) is 0 Å². The van der Waals surface area contributed by atoms with Crippen LogP contribution in [0.5, 0.6) is 0 Å². The Hall–Kier alpha value is -3.25. The van der Waals surface area contributed by atoms with E-state index in [1.54, 1.807) is 24.3 Å². The highest BCUT2D eigenvalue weighted by Gasteiger charge is 2.19. The Morgan fingerprint density at radius 1 is 0.857 bits per heavy atom. The van der Waals surface area contributed by atoms with Crippen LogP contribution in [0.25, 0.3) is 12.2 Å². The van der Waals surface area contributed by atoms with E-state index in [1.807, 2.05) is 12.2 Å². The van der Waals surface area contributed by atoms with Gasteiger partial charge < -0.3 is 4.74 Å². The predicted molar refractivity (Wildman–Crippen MR) is 105 cm³/mol. The van der Waals surface area contributed by atoms with E-state index in [4.69, 9.17) is 0 Å². The maximum Gasteiger partial charge on any atom is 0.337 e. The number of sulfone groups is 1. The van der Waals surface area contributed by atoms with Gasteiger partial charge in [0.25, 0.3) is 0 Å². The van der Waals surface area contributed by atoms with Gasteiger partial charge in [-0.1, -0.05) is 42.5 Å². The van der Waals surface area contributed by atoms with Crippen LogP contribution in [-0.2, 0) is 14.6 Å². The molecule has 4 nitrogen and oxygen atoms in total. The summed E-state index contributed by atoms with van der Waals surface area (Å²) in [6.07, 6.45) is 3.62. The predicted octanol–water partition coefficient (Wildman–Crippen LogP) is 4.62. The molecule has 0 bridgehead atoms. The van der Waals surface area contributed by atoms with Crippen molar-refractivity contribution in [1.82, 2.24) is 0 Å². The van der Waals surface area contributed by atoms with E-state index in [1.165, 1.54) is 55.6 Å². The maximum atomic E-state index is 12.9. The highest BCUT2D eigenvalue weighted by molar-refractivity contribution is 7.91. The van der Waals surface area contributed by atoms with Crippen molar-refractivity contribution in [2.24, 2.45) is 0 Å². The molecule has 0 unspecified atom stereocenters. The molecule has 0 aliphatic heterocycles. The molecular formula is C22H17FO4S. The highest BCUT2D eigenvalue weighted by Crippen LogP contribution is 2.23. The maximum absolute atomic E-state index is 12.9. The van der Waals surface area contributed by atoms with E-state index in [0.717, 1.165) is 11.1 Å². The number of ether oxygens (including phenoxy) is 1. The van der Waals surface area contributed by atoms with Crippen LogP contribution in [0.15, 0.2) is 82.6 Å². The lowest BCUT2D eigenvalue weighted by Crippen LogP contribution is -2.06. The molecule has 3 rings (SSSR count). The summed E-state index contributed by atoms with van der Waals surface area (Å²) >= 11 is 0. The second-order valence-corrected chi connectivity index (χ2v) is 7.93. The molecule has 0 aliphatic rings. The molecule has 142 valence electrons. The van der Waals surface area contributed by atoms with Crippen molar-refractivity contribution in [2.75, 3.05) is 7.11 Å². The summed E-state index contributed by atoms with van der Waals surface area (Å²) in [6.45, 7) is 0. The van der Waals surface area contributed by atoms with Crippen LogP contribution in [0.2, 0.25) is 0 Å². The van der Waals surface area contributed by atoms with Crippen LogP contribution in [0, 0.1) is 5.82 Å². The summed E-state index contributed by atoms with van der Waals surface area (Å²) in [7, 11) is -2.53. The van der Waals surface area contributed by atoms with Gasteiger partial charge in [-0.15, -0.1) is 0 Å². The van der Waals surface area contributed by atoms with Crippen LogP contribution >= 0.6 is 0 Å². The summed E-state index contributed by atoms with van der Waals surface area (Å²) in [5, 5.41) is 0. The van der Waals surface area contributed by atoms with Crippen molar-refractivity contribution >= 4 is 28.0 Å². The number of methoxy groups -OCH3 is 1. The molecule has 6 heteroatoms. The summed E-state index contributed by atoms with van der Waals surface area (Å²) in [5.41, 5.74) is 1.80. The second kappa shape index (κ2) is 8.19. The van der Waals surface area contributed by atoms with Crippen LogP contribution < -0.4 is 0 Å². The molecule has 0 radical (unpaired) electrons. The van der Waals surface area contributed by atoms with E-state index in [-0.39, 0.29) is 21.2 Å². The zero-order chi connectivity index (χ0) is 20.1. The number of rotatable bonds is 5. The first kappa shape index (κ1) is 19.5. The van der Waals surface area contributed by atoms with Crippen molar-refractivity contribution in [3.05, 3.63) is 95.3 Å². The fourth-order valence-electron chi connectivity index (χ4n) is 2.57. The molecule has 0 fully saturated rings. The number of carbonyl (C=O) groups excluding carboxylic acids is 1. The number of halogens is 1. The van der Waals surface area contributed by atoms with Gasteiger partial charge in [0, 0.05) is 0 Å². The fourth-order valence-corrected chi connectivity index (χ4v) is 3.87. The largest absolute Gasteiger partial charge is 0.465 e. The van der Waals surface area contributed by atoms with Gasteiger partial charge in [-0.25, -0.2) is 17.6 Å². The van der Waals surface area contributed by atoms with E-state index in [2.05, 4.69) is 4.74 Å². The number of esters is 1. The number of benzene rings is 3. The fraction of sp³-hybridized carbons (Fsp3) is 0.0455. The third kappa shape index (κ3) is 4.35. The van der Waals surface area contributed by atoms with Gasteiger partial charge in [0.1, 0.15) is 5.82 Å². The SMILES string of the molecule is COC(=O)c1cccc(S(=O)(=O)c2ccc(C=Cc3ccc(F)cc3)cc2)c1. The van der Waals surface area contributed by atoms with Crippen molar-refractivity contribution in [3.8, 4) is 0 Å². The van der Waals surface area contributed by atoms with Gasteiger partial charge in [0.15, 0.2) is 0 Å². The quantitative estimate of drug-likeness (QED) is 0.467. The van der Waals surface area contributed by atoms with Gasteiger partial charge in [-0.05, 0) is 53.6 Å². The topological polar surface area (TPSA) is 60.4 Å². The van der Waals surface area contributed by atoms with E-state index >= 15 is 0 Å². The number of hydrogen-bond donors (Lipinski definition) is 0. The minimum absolute atomic E-state index is 0.0185. The summed E-state index contributed by atoms with van der Waals surface area (Å²) in [5.74, 6) is -0.902. The van der Waals surface area contributed by atoms with Gasteiger partial charge in [0.2, 0.25) is 9.84 Å². The second-order valence-electron chi connectivity index (χ2n) is 5.98. The third-order valence-corrected chi connectivity index (χ3v) is 5.86. The standard InChI is InChI=1S/C22H17FO4S/c1-27-22(24)18-3-2-4-21(15-18)28(25,26)20-13-9-17(10-14-20)6-5-16-7-11-19(23)12-8-16/h2-15H,1H3. The van der Waals surface area contributed by atoms with Crippen LogP contribution in [0.3, 0.4) is 0 Å². The molecule has 3 aromatic rings. The minimum Gasteiger partial charge on any atom is -0.465 e. The average molecular weight is 396 g/mol. The van der Waals surface area contributed by atoms with E-state index < -0.39 is 15.8 Å². The third-order valence-electron chi connectivity index (χ3n) is 4.09. The molecule has 0 heterocycles. The zero-order valence-electron chi connectivity index (χ0n) is 15.0. The van der Waals surface area contributed by atoms with Crippen molar-refractivity contribution in [1.29, 1.82) is 0 Å². The lowest BCUT2D eigenvalue weighted by molar-refractivity contribution is 0.0600. The normalized spacial score (nSPS) is 11.5. The minimum atomic E-state index is -3.77. The van der Waals surface area contributed by atoms with Crippen molar-refractivity contribution in [2.45, 2.75) is 9.79 Å². The Balaban J connectivity index is 1.84. The van der Waals surface area contributed by atoms with Crippen LogP contribution in [-0.4, -0.2) is 21.5 Å². The first-order chi connectivity index (χ1) is 13.4. The van der Waals surface area contributed by atoms with Gasteiger partial charge >= 0.3 is 5.97 Å². The molecule has 0 aliphatic carbocycles. The van der Waals surface area contributed by atoms with Crippen molar-refractivity contribution < 1.29 is 22.3 Å². The Labute approximate surface area is 162 Å². The van der Waals surface area contributed by atoms with E-state index in [9.17, 15) is 17.6 Å². The molecule has 3 aromatic carbocycles. The Kier molecular flexibility index (Phi) is 5.70. The smallest absolute Gasteiger partial charge is 0.337 e. The molecule has 0 saturated heterocycles. The molecule has 0 spiro atoms. The lowest BCUT2D eigenvalue weighted by atomic mass is 10.1. The first-order valence-electron chi connectivity index (χ1n) is 8.37. The van der Waals surface area contributed by atoms with Gasteiger partial charge in [-0.2, -0.15) is 0 Å². The van der Waals surface area contributed by atoms with Crippen LogP contribution in [0.4, 0.5) is 4.39 Å². The lowest BCUT2D eigenvalue weighted by Gasteiger charge is -2.07. The Bertz CT molecular complexity index is 1120. The highest BCUT2D eigenvalue weighted by atomic mass is 32.2. The summed E-state index contributed by atoms with van der Waals surface area (Å²) < 4.78 is 43.2. The molecule has 0 amide bonds. The number of carbonyl (C=O) groups is 1. The molecule has 0 atom stereocenters. The molecule has 28 heavy (non-hydrogen) atoms. The molecule has 0 N–H and O–H groups in total.